The van der Waals surface area contributed by atoms with Crippen LogP contribution in [0.15, 0.2) is 46.9 Å². The van der Waals surface area contributed by atoms with Crippen LogP contribution in [0.3, 0.4) is 0 Å². The molecule has 0 aromatic heterocycles. The summed E-state index contributed by atoms with van der Waals surface area (Å²) >= 11 is 3.24. The van der Waals surface area contributed by atoms with E-state index in [1.54, 1.807) is 6.07 Å². The van der Waals surface area contributed by atoms with Crippen LogP contribution in [-0.4, -0.2) is 6.54 Å². The zero-order valence-electron chi connectivity index (χ0n) is 12.2. The standard InChI is InChI=1S/C17H19BrFNO/c1-3-20-12(2)13-5-4-6-16(9-13)21-11-14-7-8-15(18)10-17(14)19/h4-10,12,20H,3,11H2,1-2H3. The largest absolute Gasteiger partial charge is 0.489 e. The lowest BCUT2D eigenvalue weighted by molar-refractivity contribution is 0.299. The van der Waals surface area contributed by atoms with Crippen LogP contribution in [-0.2, 0) is 6.61 Å². The molecule has 0 saturated heterocycles. The van der Waals surface area contributed by atoms with Crippen molar-refractivity contribution < 1.29 is 9.13 Å². The lowest BCUT2D eigenvalue weighted by atomic mass is 10.1. The van der Waals surface area contributed by atoms with Gasteiger partial charge in [0.25, 0.3) is 0 Å². The Morgan fingerprint density at radius 1 is 1.24 bits per heavy atom. The highest BCUT2D eigenvalue weighted by molar-refractivity contribution is 9.10. The van der Waals surface area contributed by atoms with E-state index < -0.39 is 0 Å². The molecule has 21 heavy (non-hydrogen) atoms. The number of halogens is 2. The Hall–Kier alpha value is -1.39. The number of hydrogen-bond acceptors (Lipinski definition) is 2. The number of ether oxygens (including phenoxy) is 1. The fraction of sp³-hybridized carbons (Fsp3) is 0.294. The predicted molar refractivity (Wildman–Crippen MR) is 87.0 cm³/mol. The van der Waals surface area contributed by atoms with E-state index in [9.17, 15) is 4.39 Å². The van der Waals surface area contributed by atoms with Crippen LogP contribution in [0, 0.1) is 5.82 Å². The third-order valence-corrected chi connectivity index (χ3v) is 3.77. The van der Waals surface area contributed by atoms with Crippen LogP contribution in [0.4, 0.5) is 4.39 Å². The van der Waals surface area contributed by atoms with Crippen molar-refractivity contribution in [2.75, 3.05) is 6.54 Å². The molecular formula is C17H19BrFNO. The van der Waals surface area contributed by atoms with Crippen molar-refractivity contribution >= 4 is 15.9 Å². The average molecular weight is 352 g/mol. The Morgan fingerprint density at radius 2 is 2.05 bits per heavy atom. The maximum atomic E-state index is 13.7. The summed E-state index contributed by atoms with van der Waals surface area (Å²) in [5, 5.41) is 3.36. The lowest BCUT2D eigenvalue weighted by Gasteiger charge is -2.14. The van der Waals surface area contributed by atoms with Crippen LogP contribution in [0.1, 0.15) is 31.0 Å². The molecule has 0 aliphatic heterocycles. The Labute approximate surface area is 133 Å². The van der Waals surface area contributed by atoms with E-state index in [0.717, 1.165) is 22.3 Å². The maximum Gasteiger partial charge on any atom is 0.130 e. The van der Waals surface area contributed by atoms with Crippen LogP contribution in [0.25, 0.3) is 0 Å². The predicted octanol–water partition coefficient (Wildman–Crippen LogP) is 4.84. The third-order valence-electron chi connectivity index (χ3n) is 3.28. The molecule has 0 aliphatic rings. The van der Waals surface area contributed by atoms with Gasteiger partial charge in [-0.05, 0) is 43.3 Å². The van der Waals surface area contributed by atoms with Gasteiger partial charge < -0.3 is 10.1 Å². The van der Waals surface area contributed by atoms with Gasteiger partial charge in [-0.2, -0.15) is 0 Å². The van der Waals surface area contributed by atoms with Crippen molar-refractivity contribution in [1.82, 2.24) is 5.32 Å². The molecule has 2 rings (SSSR count). The van der Waals surface area contributed by atoms with E-state index in [4.69, 9.17) is 4.74 Å². The molecule has 0 amide bonds. The summed E-state index contributed by atoms with van der Waals surface area (Å²) in [6.45, 7) is 5.32. The van der Waals surface area contributed by atoms with Gasteiger partial charge in [0.2, 0.25) is 0 Å². The molecule has 4 heteroatoms. The smallest absolute Gasteiger partial charge is 0.130 e. The van der Waals surface area contributed by atoms with Crippen molar-refractivity contribution in [2.24, 2.45) is 0 Å². The molecule has 1 atom stereocenters. The van der Waals surface area contributed by atoms with Gasteiger partial charge >= 0.3 is 0 Å². The molecular weight excluding hydrogens is 333 g/mol. The third kappa shape index (κ3) is 4.55. The summed E-state index contributed by atoms with van der Waals surface area (Å²) in [6, 6.07) is 13.1. The molecule has 2 nitrogen and oxygen atoms in total. The van der Waals surface area contributed by atoms with Gasteiger partial charge in [0.1, 0.15) is 18.2 Å². The molecule has 1 unspecified atom stereocenters. The summed E-state index contributed by atoms with van der Waals surface area (Å²) in [7, 11) is 0. The SMILES string of the molecule is CCNC(C)c1cccc(OCc2ccc(Br)cc2F)c1. The van der Waals surface area contributed by atoms with E-state index >= 15 is 0 Å². The summed E-state index contributed by atoms with van der Waals surface area (Å²) in [5.74, 6) is 0.487. The summed E-state index contributed by atoms with van der Waals surface area (Å²) < 4.78 is 20.2. The van der Waals surface area contributed by atoms with Gasteiger partial charge in [-0.3, -0.25) is 0 Å². The molecule has 1 N–H and O–H groups in total. The highest BCUT2D eigenvalue weighted by atomic mass is 79.9. The van der Waals surface area contributed by atoms with Crippen LogP contribution < -0.4 is 10.1 Å². The van der Waals surface area contributed by atoms with Crippen LogP contribution in [0.2, 0.25) is 0 Å². The molecule has 2 aromatic rings. The second kappa shape index (κ2) is 7.57. The molecule has 0 radical (unpaired) electrons. The lowest BCUT2D eigenvalue weighted by Crippen LogP contribution is -2.17. The van der Waals surface area contributed by atoms with Crippen molar-refractivity contribution in [3.8, 4) is 5.75 Å². The van der Waals surface area contributed by atoms with E-state index in [1.807, 2.05) is 24.3 Å². The first kappa shape index (κ1) is 16.0. The van der Waals surface area contributed by atoms with Crippen molar-refractivity contribution in [1.29, 1.82) is 0 Å². The van der Waals surface area contributed by atoms with Crippen molar-refractivity contribution in [2.45, 2.75) is 26.5 Å². The Kier molecular flexibility index (Phi) is 5.76. The zero-order chi connectivity index (χ0) is 15.2. The molecule has 0 fully saturated rings. The minimum absolute atomic E-state index is 0.220. The highest BCUT2D eigenvalue weighted by Crippen LogP contribution is 2.21. The second-order valence-corrected chi connectivity index (χ2v) is 5.79. The molecule has 0 heterocycles. The number of rotatable bonds is 6. The topological polar surface area (TPSA) is 21.3 Å². The number of hydrogen-bond donors (Lipinski definition) is 1. The van der Waals surface area contributed by atoms with Crippen molar-refractivity contribution in [3.05, 3.63) is 63.9 Å². The van der Waals surface area contributed by atoms with Gasteiger partial charge in [-0.1, -0.05) is 41.1 Å². The minimum Gasteiger partial charge on any atom is -0.489 e. The van der Waals surface area contributed by atoms with E-state index in [-0.39, 0.29) is 18.5 Å². The van der Waals surface area contributed by atoms with Gasteiger partial charge in [-0.15, -0.1) is 0 Å². The Bertz CT molecular complexity index is 603. The summed E-state index contributed by atoms with van der Waals surface area (Å²) in [5.41, 5.74) is 1.70. The van der Waals surface area contributed by atoms with Gasteiger partial charge in [0.15, 0.2) is 0 Å². The quantitative estimate of drug-likeness (QED) is 0.803. The first-order chi connectivity index (χ1) is 10.1. The average Bonchev–Trinajstić information content (AvgIpc) is 2.47. The van der Waals surface area contributed by atoms with E-state index in [1.165, 1.54) is 6.07 Å². The molecule has 112 valence electrons. The zero-order valence-corrected chi connectivity index (χ0v) is 13.8. The number of nitrogens with one attached hydrogen (secondary N) is 1. The maximum absolute atomic E-state index is 13.7. The number of benzene rings is 2. The van der Waals surface area contributed by atoms with Crippen LogP contribution >= 0.6 is 15.9 Å². The minimum atomic E-state index is -0.262. The van der Waals surface area contributed by atoms with Gasteiger partial charge in [0, 0.05) is 16.1 Å². The Balaban J connectivity index is 2.04. The first-order valence-electron chi connectivity index (χ1n) is 7.00. The van der Waals surface area contributed by atoms with E-state index in [2.05, 4.69) is 41.2 Å². The molecule has 0 spiro atoms. The van der Waals surface area contributed by atoms with E-state index in [0.29, 0.717) is 5.56 Å². The summed E-state index contributed by atoms with van der Waals surface area (Å²) in [6.07, 6.45) is 0. The van der Waals surface area contributed by atoms with Gasteiger partial charge in [-0.25, -0.2) is 4.39 Å². The molecule has 0 aliphatic carbocycles. The fourth-order valence-corrected chi connectivity index (χ4v) is 2.43. The summed E-state index contributed by atoms with van der Waals surface area (Å²) in [4.78, 5) is 0. The monoisotopic (exact) mass is 351 g/mol. The fourth-order valence-electron chi connectivity index (χ4n) is 2.10. The molecule has 0 bridgehead atoms. The van der Waals surface area contributed by atoms with Crippen LogP contribution in [0.5, 0.6) is 5.75 Å². The van der Waals surface area contributed by atoms with Gasteiger partial charge in [0.05, 0.1) is 0 Å². The van der Waals surface area contributed by atoms with Crippen molar-refractivity contribution in [3.63, 3.8) is 0 Å². The highest BCUT2D eigenvalue weighted by Gasteiger charge is 2.07. The normalized spacial score (nSPS) is 12.2. The molecule has 2 aromatic carbocycles. The Morgan fingerprint density at radius 3 is 2.76 bits per heavy atom. The molecule has 0 saturated carbocycles. The second-order valence-electron chi connectivity index (χ2n) is 4.88. The first-order valence-corrected chi connectivity index (χ1v) is 7.79.